The van der Waals surface area contributed by atoms with E-state index in [2.05, 4.69) is 10.5 Å². The summed E-state index contributed by atoms with van der Waals surface area (Å²) in [4.78, 5) is 12.1. The molecule has 22 heavy (non-hydrogen) atoms. The van der Waals surface area contributed by atoms with Gasteiger partial charge in [-0.3, -0.25) is 4.79 Å². The summed E-state index contributed by atoms with van der Waals surface area (Å²) in [7, 11) is -3.58. The molecular weight excluding hydrogens is 302 g/mol. The highest BCUT2D eigenvalue weighted by Gasteiger charge is 2.22. The van der Waals surface area contributed by atoms with Gasteiger partial charge in [0.15, 0.2) is 0 Å². The van der Waals surface area contributed by atoms with E-state index in [1.165, 1.54) is 16.4 Å². The molecule has 0 saturated heterocycles. The molecule has 0 saturated carbocycles. The zero-order valence-electron chi connectivity index (χ0n) is 13.5. The third kappa shape index (κ3) is 4.38. The second kappa shape index (κ2) is 8.05. The van der Waals surface area contributed by atoms with Crippen molar-refractivity contribution in [2.45, 2.75) is 39.0 Å². The van der Waals surface area contributed by atoms with Gasteiger partial charge >= 0.3 is 0 Å². The Morgan fingerprint density at radius 2 is 1.86 bits per heavy atom. The number of hydrogen-bond acceptors (Lipinski definition) is 4. The minimum atomic E-state index is -3.58. The lowest BCUT2D eigenvalue weighted by Gasteiger charge is -2.18. The average Bonchev–Trinajstić information content (AvgIpc) is 2.53. The van der Waals surface area contributed by atoms with Crippen molar-refractivity contribution in [2.75, 3.05) is 13.1 Å². The van der Waals surface area contributed by atoms with Crippen molar-refractivity contribution in [2.24, 2.45) is 5.10 Å². The molecule has 0 aromatic heterocycles. The van der Waals surface area contributed by atoms with Gasteiger partial charge in [-0.15, -0.1) is 0 Å². The highest BCUT2D eigenvalue weighted by molar-refractivity contribution is 7.89. The van der Waals surface area contributed by atoms with Crippen LogP contribution in [0.25, 0.3) is 0 Å². The van der Waals surface area contributed by atoms with Crippen molar-refractivity contribution < 1.29 is 13.2 Å². The summed E-state index contributed by atoms with van der Waals surface area (Å²) < 4.78 is 26.2. The molecule has 0 spiro atoms. The summed E-state index contributed by atoms with van der Waals surface area (Å²) in [6, 6.07) is 5.99. The minimum absolute atomic E-state index is 0.111. The molecule has 0 bridgehead atoms. The van der Waals surface area contributed by atoms with Gasteiger partial charge in [-0.25, -0.2) is 13.8 Å². The second-order valence-electron chi connectivity index (χ2n) is 4.76. The summed E-state index contributed by atoms with van der Waals surface area (Å²) in [5, 5.41) is 3.94. The number of hydrogen-bond donors (Lipinski definition) is 1. The molecule has 0 heterocycles. The second-order valence-corrected chi connectivity index (χ2v) is 6.70. The van der Waals surface area contributed by atoms with Crippen molar-refractivity contribution in [3.63, 3.8) is 0 Å². The monoisotopic (exact) mass is 325 g/mol. The zero-order valence-corrected chi connectivity index (χ0v) is 14.3. The highest BCUT2D eigenvalue weighted by atomic mass is 32.2. The van der Waals surface area contributed by atoms with Gasteiger partial charge in [0.2, 0.25) is 10.0 Å². The predicted molar refractivity (Wildman–Crippen MR) is 87.4 cm³/mol. The zero-order chi connectivity index (χ0) is 16.8. The molecule has 7 heteroatoms. The van der Waals surface area contributed by atoms with Crippen LogP contribution >= 0.6 is 0 Å². The molecule has 0 unspecified atom stereocenters. The number of nitrogens with one attached hydrogen (secondary N) is 1. The van der Waals surface area contributed by atoms with Crippen LogP contribution in [0.2, 0.25) is 0 Å². The van der Waals surface area contributed by atoms with Crippen LogP contribution in [-0.4, -0.2) is 37.4 Å². The molecule has 1 aromatic rings. The molecule has 0 fully saturated rings. The van der Waals surface area contributed by atoms with Crippen molar-refractivity contribution in [3.8, 4) is 0 Å². The largest absolute Gasteiger partial charge is 0.271 e. The first kappa shape index (κ1) is 18.3. The van der Waals surface area contributed by atoms with Crippen LogP contribution in [0.5, 0.6) is 0 Å². The lowest BCUT2D eigenvalue weighted by molar-refractivity contribution is 0.0954. The molecule has 6 nitrogen and oxygen atoms in total. The van der Waals surface area contributed by atoms with Gasteiger partial charge in [-0.05, 0) is 31.5 Å². The number of amides is 1. The van der Waals surface area contributed by atoms with Gasteiger partial charge in [-0.2, -0.15) is 9.41 Å². The quantitative estimate of drug-likeness (QED) is 0.617. The van der Waals surface area contributed by atoms with E-state index in [0.29, 0.717) is 13.1 Å². The standard InChI is InChI=1S/C15H23N3O3S/c1-5-12(4)16-17-15(19)13-9-8-10-14(11-13)22(20,21)18(6-2)7-3/h8-11H,5-7H2,1-4H3,(H,17,19)/b16-12-. The molecule has 1 N–H and O–H groups in total. The van der Waals surface area contributed by atoms with E-state index in [0.717, 1.165) is 12.1 Å². The normalized spacial score (nSPS) is 12.5. The summed E-state index contributed by atoms with van der Waals surface area (Å²) in [5.74, 6) is -0.426. The van der Waals surface area contributed by atoms with Crippen molar-refractivity contribution in [3.05, 3.63) is 29.8 Å². The third-order valence-electron chi connectivity index (χ3n) is 3.30. The Hall–Kier alpha value is -1.73. The Bertz CT molecular complexity index is 650. The maximum atomic E-state index is 12.4. The van der Waals surface area contributed by atoms with Gasteiger partial charge < -0.3 is 0 Å². The van der Waals surface area contributed by atoms with E-state index in [9.17, 15) is 13.2 Å². The van der Waals surface area contributed by atoms with Crippen molar-refractivity contribution >= 4 is 21.6 Å². The Labute approximate surface area is 132 Å². The highest BCUT2D eigenvalue weighted by Crippen LogP contribution is 2.16. The van der Waals surface area contributed by atoms with Crippen molar-refractivity contribution in [1.29, 1.82) is 0 Å². The molecule has 0 aliphatic heterocycles. The van der Waals surface area contributed by atoms with E-state index >= 15 is 0 Å². The first-order chi connectivity index (χ1) is 10.4. The maximum absolute atomic E-state index is 12.4. The van der Waals surface area contributed by atoms with E-state index in [1.807, 2.05) is 13.8 Å². The van der Waals surface area contributed by atoms with Crippen LogP contribution in [-0.2, 0) is 10.0 Å². The Morgan fingerprint density at radius 1 is 1.23 bits per heavy atom. The van der Waals surface area contributed by atoms with Crippen LogP contribution in [0.1, 0.15) is 44.5 Å². The molecular formula is C15H23N3O3S. The van der Waals surface area contributed by atoms with Gasteiger partial charge in [-0.1, -0.05) is 26.8 Å². The molecule has 0 aliphatic carbocycles. The summed E-state index contributed by atoms with van der Waals surface area (Å²) in [6.07, 6.45) is 0.733. The molecule has 1 aromatic carbocycles. The van der Waals surface area contributed by atoms with Crippen molar-refractivity contribution in [1.82, 2.24) is 9.73 Å². The van der Waals surface area contributed by atoms with E-state index in [1.54, 1.807) is 26.0 Å². The lowest BCUT2D eigenvalue weighted by atomic mass is 10.2. The fourth-order valence-electron chi connectivity index (χ4n) is 1.80. The van der Waals surface area contributed by atoms with E-state index < -0.39 is 15.9 Å². The SMILES string of the molecule is CC/C(C)=N\NC(=O)c1cccc(S(=O)(=O)N(CC)CC)c1. The van der Waals surface area contributed by atoms with Crippen LogP contribution in [0, 0.1) is 0 Å². The van der Waals surface area contributed by atoms with Gasteiger partial charge in [0, 0.05) is 24.4 Å². The maximum Gasteiger partial charge on any atom is 0.271 e. The van der Waals surface area contributed by atoms with E-state index in [-0.39, 0.29) is 10.5 Å². The number of carbonyl (C=O) groups is 1. The first-order valence-corrected chi connectivity index (χ1v) is 8.74. The third-order valence-corrected chi connectivity index (χ3v) is 5.35. The fourth-order valence-corrected chi connectivity index (χ4v) is 3.30. The number of benzene rings is 1. The number of hydrazone groups is 1. The number of carbonyl (C=O) groups excluding carboxylic acids is 1. The van der Waals surface area contributed by atoms with Crippen LogP contribution < -0.4 is 5.43 Å². The van der Waals surface area contributed by atoms with Crippen LogP contribution in [0.15, 0.2) is 34.3 Å². The number of nitrogens with zero attached hydrogens (tertiary/aromatic N) is 2. The topological polar surface area (TPSA) is 78.8 Å². The van der Waals surface area contributed by atoms with Crippen LogP contribution in [0.4, 0.5) is 0 Å². The average molecular weight is 325 g/mol. The van der Waals surface area contributed by atoms with Gasteiger partial charge in [0.25, 0.3) is 5.91 Å². The number of sulfonamides is 1. The minimum Gasteiger partial charge on any atom is -0.267 e. The smallest absolute Gasteiger partial charge is 0.267 e. The number of rotatable bonds is 7. The van der Waals surface area contributed by atoms with Gasteiger partial charge in [0.1, 0.15) is 0 Å². The molecule has 0 radical (unpaired) electrons. The summed E-state index contributed by atoms with van der Waals surface area (Å²) in [6.45, 7) is 8.06. The summed E-state index contributed by atoms with van der Waals surface area (Å²) >= 11 is 0. The molecule has 0 atom stereocenters. The lowest BCUT2D eigenvalue weighted by Crippen LogP contribution is -2.30. The fraction of sp³-hybridized carbons (Fsp3) is 0.467. The Morgan fingerprint density at radius 3 is 2.41 bits per heavy atom. The Balaban J connectivity index is 3.07. The molecule has 1 rings (SSSR count). The Kier molecular flexibility index (Phi) is 6.70. The molecule has 1 amide bonds. The van der Waals surface area contributed by atoms with Crippen LogP contribution in [0.3, 0.4) is 0 Å². The van der Waals surface area contributed by atoms with E-state index in [4.69, 9.17) is 0 Å². The first-order valence-electron chi connectivity index (χ1n) is 7.30. The summed E-state index contributed by atoms with van der Waals surface area (Å²) in [5.41, 5.74) is 3.48. The van der Waals surface area contributed by atoms with Gasteiger partial charge in [0.05, 0.1) is 4.90 Å². The molecule has 122 valence electrons. The molecule has 0 aliphatic rings. The predicted octanol–water partition coefficient (Wildman–Crippen LogP) is 2.23.